The molecule has 0 aromatic rings. The van der Waals surface area contributed by atoms with E-state index in [2.05, 4.69) is 5.73 Å². The molecule has 0 saturated heterocycles. The third-order valence-corrected chi connectivity index (χ3v) is 1.33. The predicted molar refractivity (Wildman–Crippen MR) is 36.0 cm³/mol. The molecule has 1 atom stereocenters. The zero-order valence-electron chi connectivity index (χ0n) is 6.74. The summed E-state index contributed by atoms with van der Waals surface area (Å²) in [4.78, 5) is 10.7. The lowest BCUT2D eigenvalue weighted by Crippen LogP contribution is -2.67. The Balaban J connectivity index is 3.72. The summed E-state index contributed by atoms with van der Waals surface area (Å²) >= 11 is 0. The zero-order chi connectivity index (χ0) is 9.78. The normalized spacial score (nSPS) is 14.1. The first-order chi connectivity index (χ1) is 5.37. The average Bonchev–Trinajstić information content (AvgIpc) is 1.97. The molecular formula is C6H12F3N2O+. The Morgan fingerprint density at radius 1 is 1.58 bits per heavy atom. The molecule has 6 heteroatoms. The quantitative estimate of drug-likeness (QED) is 0.622. The van der Waals surface area contributed by atoms with E-state index in [1.807, 2.05) is 0 Å². The van der Waals surface area contributed by atoms with E-state index in [1.54, 1.807) is 12.2 Å². The van der Waals surface area contributed by atoms with E-state index >= 15 is 0 Å². The van der Waals surface area contributed by atoms with Gasteiger partial charge in [-0.15, -0.1) is 0 Å². The minimum Gasteiger partial charge on any atom is -0.347 e. The van der Waals surface area contributed by atoms with Gasteiger partial charge in [0.2, 0.25) is 0 Å². The van der Waals surface area contributed by atoms with Gasteiger partial charge in [-0.25, -0.2) is 0 Å². The molecule has 0 saturated carbocycles. The van der Waals surface area contributed by atoms with Crippen molar-refractivity contribution in [2.24, 2.45) is 0 Å². The molecule has 3 nitrogen and oxygen atoms in total. The summed E-state index contributed by atoms with van der Waals surface area (Å²) in [6, 6.07) is -0.604. The Bertz CT molecular complexity index is 157. The van der Waals surface area contributed by atoms with Crippen LogP contribution in [0, 0.1) is 0 Å². The van der Waals surface area contributed by atoms with Crippen LogP contribution in [0.2, 0.25) is 0 Å². The minimum atomic E-state index is -4.34. The highest BCUT2D eigenvalue weighted by atomic mass is 19.4. The van der Waals surface area contributed by atoms with Gasteiger partial charge >= 0.3 is 6.18 Å². The molecule has 1 unspecified atom stereocenters. The van der Waals surface area contributed by atoms with E-state index < -0.39 is 24.7 Å². The highest BCUT2D eigenvalue weighted by molar-refractivity contribution is 5.79. The van der Waals surface area contributed by atoms with Crippen molar-refractivity contribution in [1.29, 1.82) is 0 Å². The number of alkyl halides is 3. The fraction of sp³-hybridized carbons (Fsp3) is 0.833. The summed E-state index contributed by atoms with van der Waals surface area (Å²) in [5, 5.41) is 1.75. The molecule has 0 rings (SSSR count). The van der Waals surface area contributed by atoms with Gasteiger partial charge in [-0.1, -0.05) is 6.92 Å². The largest absolute Gasteiger partial charge is 0.405 e. The second-order valence-corrected chi connectivity index (χ2v) is 2.44. The van der Waals surface area contributed by atoms with E-state index in [4.69, 9.17) is 0 Å². The van der Waals surface area contributed by atoms with Crippen molar-refractivity contribution >= 4 is 5.91 Å². The number of rotatable bonds is 3. The highest BCUT2D eigenvalue weighted by Gasteiger charge is 2.29. The number of hydrogen-bond donors (Lipinski definition) is 2. The van der Waals surface area contributed by atoms with Crippen LogP contribution >= 0.6 is 0 Å². The van der Waals surface area contributed by atoms with Crippen LogP contribution in [-0.2, 0) is 4.79 Å². The summed E-state index contributed by atoms with van der Waals surface area (Å²) in [5.41, 5.74) is 3.38. The van der Waals surface area contributed by atoms with Crippen LogP contribution in [0.1, 0.15) is 13.3 Å². The third-order valence-electron chi connectivity index (χ3n) is 1.33. The molecule has 0 radical (unpaired) electrons. The highest BCUT2D eigenvalue weighted by Crippen LogP contribution is 2.11. The topological polar surface area (TPSA) is 56.7 Å². The number of nitrogens with one attached hydrogen (secondary N) is 1. The van der Waals surface area contributed by atoms with Gasteiger partial charge in [-0.3, -0.25) is 4.79 Å². The van der Waals surface area contributed by atoms with E-state index in [0.717, 1.165) is 0 Å². The van der Waals surface area contributed by atoms with Crippen LogP contribution in [0.3, 0.4) is 0 Å². The average molecular weight is 185 g/mol. The van der Waals surface area contributed by atoms with Gasteiger partial charge in [-0.05, 0) is 0 Å². The van der Waals surface area contributed by atoms with Crippen molar-refractivity contribution in [3.05, 3.63) is 0 Å². The molecule has 0 spiro atoms. The van der Waals surface area contributed by atoms with Gasteiger partial charge in [0.25, 0.3) is 5.91 Å². The fourth-order valence-electron chi connectivity index (χ4n) is 0.517. The summed E-state index contributed by atoms with van der Waals surface area (Å²) in [5.74, 6) is -0.658. The van der Waals surface area contributed by atoms with Crippen molar-refractivity contribution in [2.75, 3.05) is 6.54 Å². The Kier molecular flexibility index (Phi) is 4.02. The summed E-state index contributed by atoms with van der Waals surface area (Å²) in [6.07, 6.45) is -3.91. The molecule has 0 fully saturated rings. The molecule has 0 aromatic heterocycles. The molecule has 0 aliphatic carbocycles. The zero-order valence-corrected chi connectivity index (χ0v) is 6.74. The van der Waals surface area contributed by atoms with Gasteiger partial charge in [0.1, 0.15) is 6.54 Å². The van der Waals surface area contributed by atoms with Gasteiger partial charge in [0.05, 0.1) is 0 Å². The van der Waals surface area contributed by atoms with Crippen LogP contribution < -0.4 is 11.1 Å². The molecule has 0 aliphatic rings. The fourth-order valence-corrected chi connectivity index (χ4v) is 0.517. The second-order valence-electron chi connectivity index (χ2n) is 2.44. The maximum absolute atomic E-state index is 11.5. The first-order valence-electron chi connectivity index (χ1n) is 3.54. The number of amides is 1. The third kappa shape index (κ3) is 4.95. The Morgan fingerprint density at radius 2 is 2.08 bits per heavy atom. The van der Waals surface area contributed by atoms with E-state index in [0.29, 0.717) is 6.42 Å². The van der Waals surface area contributed by atoms with Crippen molar-refractivity contribution < 1.29 is 23.7 Å². The number of halogens is 3. The van der Waals surface area contributed by atoms with E-state index in [9.17, 15) is 18.0 Å². The second kappa shape index (κ2) is 4.30. The number of carbonyl (C=O) groups excluding carboxylic acids is 1. The van der Waals surface area contributed by atoms with E-state index in [-0.39, 0.29) is 0 Å². The number of carbonyl (C=O) groups is 1. The Labute approximate surface area is 68.1 Å². The Hall–Kier alpha value is -0.780. The predicted octanol–water partition coefficient (Wildman–Crippen LogP) is -0.315. The molecule has 0 aliphatic heterocycles. The maximum atomic E-state index is 11.5. The SMILES string of the molecule is CCC([NH3+])C(=O)NCC(F)(F)F. The lowest BCUT2D eigenvalue weighted by atomic mass is 10.2. The summed E-state index contributed by atoms with van der Waals surface area (Å²) in [6.45, 7) is 0.405. The molecule has 0 aromatic carbocycles. The smallest absolute Gasteiger partial charge is 0.347 e. The van der Waals surface area contributed by atoms with Crippen LogP contribution in [0.15, 0.2) is 0 Å². The molecule has 12 heavy (non-hydrogen) atoms. The van der Waals surface area contributed by atoms with Crippen molar-refractivity contribution in [1.82, 2.24) is 5.32 Å². The molecule has 4 N–H and O–H groups in total. The summed E-state index contributed by atoms with van der Waals surface area (Å²) in [7, 11) is 0. The number of quaternary nitrogens is 1. The van der Waals surface area contributed by atoms with Gasteiger partial charge in [0, 0.05) is 6.42 Å². The first kappa shape index (κ1) is 11.2. The summed E-state index contributed by atoms with van der Waals surface area (Å²) < 4.78 is 34.6. The molecule has 1 amide bonds. The lowest BCUT2D eigenvalue weighted by Gasteiger charge is -2.09. The minimum absolute atomic E-state index is 0.434. The van der Waals surface area contributed by atoms with Crippen molar-refractivity contribution in [2.45, 2.75) is 25.6 Å². The molecule has 0 bridgehead atoms. The van der Waals surface area contributed by atoms with Gasteiger partial charge in [-0.2, -0.15) is 13.2 Å². The van der Waals surface area contributed by atoms with Crippen LogP contribution in [0.25, 0.3) is 0 Å². The lowest BCUT2D eigenvalue weighted by molar-refractivity contribution is -0.404. The monoisotopic (exact) mass is 185 g/mol. The van der Waals surface area contributed by atoms with Crippen molar-refractivity contribution in [3.8, 4) is 0 Å². The van der Waals surface area contributed by atoms with E-state index in [1.165, 1.54) is 0 Å². The van der Waals surface area contributed by atoms with Gasteiger partial charge in [0.15, 0.2) is 6.04 Å². The van der Waals surface area contributed by atoms with Gasteiger partial charge < -0.3 is 11.1 Å². The Morgan fingerprint density at radius 3 is 2.42 bits per heavy atom. The molecule has 0 heterocycles. The van der Waals surface area contributed by atoms with Crippen LogP contribution in [0.4, 0.5) is 13.2 Å². The number of hydrogen-bond acceptors (Lipinski definition) is 1. The maximum Gasteiger partial charge on any atom is 0.405 e. The first-order valence-corrected chi connectivity index (χ1v) is 3.54. The molecule has 72 valence electrons. The van der Waals surface area contributed by atoms with Crippen molar-refractivity contribution in [3.63, 3.8) is 0 Å². The molecular weight excluding hydrogens is 173 g/mol. The van der Waals surface area contributed by atoms with Crippen LogP contribution in [0.5, 0.6) is 0 Å². The standard InChI is InChI=1S/C6H11F3N2O/c1-2-4(10)5(12)11-3-6(7,8)9/h4H,2-3,10H2,1H3,(H,11,12)/p+1. The van der Waals surface area contributed by atoms with Crippen LogP contribution in [-0.4, -0.2) is 24.7 Å².